The minimum atomic E-state index is -3.83. The molecule has 34 heavy (non-hydrogen) atoms. The number of nitrogens with one attached hydrogen (secondary N) is 1. The van der Waals surface area contributed by atoms with Crippen LogP contribution >= 0.6 is 15.9 Å². The van der Waals surface area contributed by atoms with Crippen molar-refractivity contribution in [2.45, 2.75) is 67.2 Å². The van der Waals surface area contributed by atoms with E-state index in [1.54, 1.807) is 12.1 Å². The molecule has 2 aromatic rings. The van der Waals surface area contributed by atoms with Crippen LogP contribution in [0.1, 0.15) is 67.3 Å². The number of aliphatic hydroxyl groups is 1. The van der Waals surface area contributed by atoms with Crippen molar-refractivity contribution in [1.29, 1.82) is 0 Å². The van der Waals surface area contributed by atoms with E-state index in [2.05, 4.69) is 26.7 Å². The standard InChI is InChI=1S/C26H29BrN2O4S/c27-19-4-5-22-21(15-19)25(10-8-24(6-7-24)9-11-25)16-29(22)23(31)18-2-1-3-20(14-18)34(32,33)28-26(17-30)12-13-26/h1-5,14-15,28,30H,6-13,16-17H2. The van der Waals surface area contributed by atoms with Gasteiger partial charge in [0, 0.05) is 27.7 Å². The minimum absolute atomic E-state index is 0.0344. The quantitative estimate of drug-likeness (QED) is 0.579. The van der Waals surface area contributed by atoms with Crippen LogP contribution in [0.2, 0.25) is 0 Å². The van der Waals surface area contributed by atoms with Crippen molar-refractivity contribution >= 4 is 37.5 Å². The van der Waals surface area contributed by atoms with E-state index in [0.717, 1.165) is 23.0 Å². The molecule has 0 unspecified atom stereocenters. The van der Waals surface area contributed by atoms with Gasteiger partial charge < -0.3 is 10.0 Å². The van der Waals surface area contributed by atoms with Crippen molar-refractivity contribution in [1.82, 2.24) is 4.72 Å². The Kier molecular flexibility index (Phi) is 5.09. The number of benzene rings is 2. The number of rotatable bonds is 5. The Hall–Kier alpha value is -1.74. The highest BCUT2D eigenvalue weighted by Crippen LogP contribution is 2.62. The smallest absolute Gasteiger partial charge is 0.258 e. The van der Waals surface area contributed by atoms with E-state index in [-0.39, 0.29) is 22.8 Å². The molecule has 0 atom stereocenters. The van der Waals surface area contributed by atoms with Crippen LogP contribution < -0.4 is 9.62 Å². The fraction of sp³-hybridized carbons (Fsp3) is 0.500. The summed E-state index contributed by atoms with van der Waals surface area (Å²) in [5.41, 5.74) is 2.29. The van der Waals surface area contributed by atoms with Crippen molar-refractivity contribution in [3.05, 3.63) is 58.1 Å². The Morgan fingerprint density at radius 2 is 1.71 bits per heavy atom. The zero-order valence-corrected chi connectivity index (χ0v) is 21.4. The number of halogens is 1. The molecule has 1 amide bonds. The maximum atomic E-state index is 13.8. The topological polar surface area (TPSA) is 86.7 Å². The van der Waals surface area contributed by atoms with E-state index >= 15 is 0 Å². The highest BCUT2D eigenvalue weighted by molar-refractivity contribution is 9.10. The first-order valence-electron chi connectivity index (χ1n) is 12.1. The molecular formula is C26H29BrN2O4S. The highest BCUT2D eigenvalue weighted by atomic mass is 79.9. The lowest BCUT2D eigenvalue weighted by Gasteiger charge is -2.38. The van der Waals surface area contributed by atoms with Crippen molar-refractivity contribution in [2.24, 2.45) is 5.41 Å². The van der Waals surface area contributed by atoms with Gasteiger partial charge in [0.25, 0.3) is 5.91 Å². The van der Waals surface area contributed by atoms with Crippen LogP contribution in [0.4, 0.5) is 5.69 Å². The number of amides is 1. The zero-order valence-electron chi connectivity index (χ0n) is 19.0. The summed E-state index contributed by atoms with van der Waals surface area (Å²) in [4.78, 5) is 15.7. The zero-order chi connectivity index (χ0) is 23.8. The number of sulfonamides is 1. The summed E-state index contributed by atoms with van der Waals surface area (Å²) in [5.74, 6) is -0.174. The van der Waals surface area contributed by atoms with Gasteiger partial charge >= 0.3 is 0 Å². The van der Waals surface area contributed by atoms with E-state index in [4.69, 9.17) is 0 Å². The Labute approximate surface area is 208 Å². The number of hydrogen-bond acceptors (Lipinski definition) is 4. The summed E-state index contributed by atoms with van der Waals surface area (Å²) < 4.78 is 29.5. The second kappa shape index (κ2) is 7.63. The Morgan fingerprint density at radius 1 is 1.00 bits per heavy atom. The van der Waals surface area contributed by atoms with Gasteiger partial charge in [0.15, 0.2) is 0 Å². The van der Waals surface area contributed by atoms with Crippen molar-refractivity contribution in [3.8, 4) is 0 Å². The van der Waals surface area contributed by atoms with Gasteiger partial charge in [0.2, 0.25) is 10.0 Å². The van der Waals surface area contributed by atoms with Crippen LogP contribution in [0.15, 0.2) is 51.8 Å². The summed E-state index contributed by atoms with van der Waals surface area (Å²) in [7, 11) is -3.83. The maximum absolute atomic E-state index is 13.8. The van der Waals surface area contributed by atoms with Gasteiger partial charge in [-0.25, -0.2) is 13.1 Å². The van der Waals surface area contributed by atoms with E-state index in [9.17, 15) is 18.3 Å². The number of aliphatic hydroxyl groups excluding tert-OH is 1. The van der Waals surface area contributed by atoms with Gasteiger partial charge in [-0.05, 0) is 98.7 Å². The predicted octanol–water partition coefficient (Wildman–Crippen LogP) is 4.50. The third kappa shape index (κ3) is 3.74. The van der Waals surface area contributed by atoms with Gasteiger partial charge in [0.05, 0.1) is 17.0 Å². The Bertz CT molecular complexity index is 1270. The molecule has 0 radical (unpaired) electrons. The molecule has 6 rings (SSSR count). The average Bonchev–Trinajstić information content (AvgIpc) is 3.76. The number of hydrogen-bond donors (Lipinski definition) is 2. The molecule has 2 aromatic carbocycles. The minimum Gasteiger partial charge on any atom is -0.394 e. The van der Waals surface area contributed by atoms with Crippen LogP contribution in [0.25, 0.3) is 0 Å². The lowest BCUT2D eigenvalue weighted by molar-refractivity contribution is 0.0980. The summed E-state index contributed by atoms with van der Waals surface area (Å²) in [6.07, 6.45) is 8.51. The molecular weight excluding hydrogens is 516 g/mol. The molecule has 3 fully saturated rings. The van der Waals surface area contributed by atoms with Gasteiger partial charge in [-0.1, -0.05) is 22.0 Å². The van der Waals surface area contributed by atoms with Crippen LogP contribution in [-0.4, -0.2) is 38.1 Å². The van der Waals surface area contributed by atoms with Crippen LogP contribution in [0.3, 0.4) is 0 Å². The van der Waals surface area contributed by atoms with Gasteiger partial charge in [-0.3, -0.25) is 4.79 Å². The van der Waals surface area contributed by atoms with E-state index in [1.807, 2.05) is 17.0 Å². The second-order valence-electron chi connectivity index (χ2n) is 10.9. The van der Waals surface area contributed by atoms with Crippen LogP contribution in [0.5, 0.6) is 0 Å². The first-order valence-corrected chi connectivity index (χ1v) is 14.3. The number of carbonyl (C=O) groups is 1. The molecule has 3 aliphatic carbocycles. The average molecular weight is 545 g/mol. The fourth-order valence-electron chi connectivity index (χ4n) is 5.93. The Balaban J connectivity index is 1.31. The molecule has 0 aromatic heterocycles. The molecule has 6 nitrogen and oxygen atoms in total. The number of carbonyl (C=O) groups excluding carboxylic acids is 1. The summed E-state index contributed by atoms with van der Waals surface area (Å²) in [5, 5.41) is 9.53. The fourth-order valence-corrected chi connectivity index (χ4v) is 7.78. The molecule has 1 aliphatic heterocycles. The van der Waals surface area contributed by atoms with E-state index in [1.165, 1.54) is 43.4 Å². The van der Waals surface area contributed by atoms with Crippen molar-refractivity contribution in [3.63, 3.8) is 0 Å². The Morgan fingerprint density at radius 3 is 2.35 bits per heavy atom. The molecule has 0 saturated heterocycles. The van der Waals surface area contributed by atoms with Crippen molar-refractivity contribution < 1.29 is 18.3 Å². The molecule has 3 saturated carbocycles. The van der Waals surface area contributed by atoms with Gasteiger partial charge in [0.1, 0.15) is 0 Å². The molecule has 8 heteroatoms. The van der Waals surface area contributed by atoms with Gasteiger partial charge in [-0.15, -0.1) is 0 Å². The molecule has 2 spiro atoms. The molecule has 1 heterocycles. The van der Waals surface area contributed by atoms with E-state index in [0.29, 0.717) is 30.4 Å². The molecule has 4 aliphatic rings. The monoisotopic (exact) mass is 544 g/mol. The molecule has 180 valence electrons. The SMILES string of the molecule is O=C(c1cccc(S(=O)(=O)NC2(CO)CC2)c1)N1CC2(CCC3(CC3)CC2)c2cc(Br)ccc21. The lowest BCUT2D eigenvalue weighted by Crippen LogP contribution is -2.40. The van der Waals surface area contributed by atoms with Crippen LogP contribution in [-0.2, 0) is 15.4 Å². The normalized spacial score (nSPS) is 23.2. The first kappa shape index (κ1) is 22.7. The first-order chi connectivity index (χ1) is 16.2. The summed E-state index contributed by atoms with van der Waals surface area (Å²) in [6, 6.07) is 12.4. The third-order valence-electron chi connectivity index (χ3n) is 8.65. The summed E-state index contributed by atoms with van der Waals surface area (Å²) in [6.45, 7) is 0.408. The van der Waals surface area contributed by atoms with Crippen LogP contribution in [0, 0.1) is 5.41 Å². The van der Waals surface area contributed by atoms with Gasteiger partial charge in [-0.2, -0.15) is 0 Å². The molecule has 0 bridgehead atoms. The number of fused-ring (bicyclic) bond motifs is 2. The third-order valence-corrected chi connectivity index (χ3v) is 10.7. The number of nitrogens with zero attached hydrogens (tertiary/aromatic N) is 1. The highest BCUT2D eigenvalue weighted by Gasteiger charge is 2.53. The van der Waals surface area contributed by atoms with E-state index < -0.39 is 15.6 Å². The second-order valence-corrected chi connectivity index (χ2v) is 13.5. The predicted molar refractivity (Wildman–Crippen MR) is 133 cm³/mol. The number of anilines is 1. The maximum Gasteiger partial charge on any atom is 0.258 e. The largest absolute Gasteiger partial charge is 0.394 e. The molecule has 2 N–H and O–H groups in total. The van der Waals surface area contributed by atoms with Crippen molar-refractivity contribution in [2.75, 3.05) is 18.1 Å². The lowest BCUT2D eigenvalue weighted by atomic mass is 9.66. The summed E-state index contributed by atoms with van der Waals surface area (Å²) >= 11 is 3.62.